The molecule has 1 aliphatic rings. The lowest BCUT2D eigenvalue weighted by Gasteiger charge is -2.30. The third kappa shape index (κ3) is 2.47. The van der Waals surface area contributed by atoms with Crippen molar-refractivity contribution in [2.75, 3.05) is 11.4 Å². The summed E-state index contributed by atoms with van der Waals surface area (Å²) in [5, 5.41) is 9.27. The van der Waals surface area contributed by atoms with Crippen LogP contribution < -0.4 is 4.90 Å². The van der Waals surface area contributed by atoms with Crippen LogP contribution in [0.5, 0.6) is 0 Å². The first-order valence-corrected chi connectivity index (χ1v) is 7.38. The van der Waals surface area contributed by atoms with Crippen LogP contribution in [0.2, 0.25) is 0 Å². The number of carbonyl (C=O) groups excluding carboxylic acids is 1. The Morgan fingerprint density at radius 3 is 2.81 bits per heavy atom. The predicted octanol–water partition coefficient (Wildman–Crippen LogP) is 3.07. The minimum Gasteiger partial charge on any atom is -0.478 e. The molecule has 1 aromatic carbocycles. The first-order valence-electron chi connectivity index (χ1n) is 6.59. The van der Waals surface area contributed by atoms with Gasteiger partial charge in [0, 0.05) is 22.9 Å². The van der Waals surface area contributed by atoms with Crippen LogP contribution in [0.3, 0.4) is 0 Å². The average molecular weight is 349 g/mol. The fourth-order valence-corrected chi connectivity index (χ4v) is 3.02. The molecule has 21 heavy (non-hydrogen) atoms. The first kappa shape index (κ1) is 13.9. The molecule has 1 aliphatic heterocycles. The van der Waals surface area contributed by atoms with Gasteiger partial charge in [0.05, 0.1) is 5.56 Å². The number of fused-ring (bicyclic) bond motifs is 1. The van der Waals surface area contributed by atoms with Gasteiger partial charge in [-0.15, -0.1) is 0 Å². The van der Waals surface area contributed by atoms with Gasteiger partial charge < -0.3 is 15.0 Å². The SMILES string of the molecule is O=C(O)c1cccc2c1CCCN2C(=O)c1cc(Br)c[nH]1. The van der Waals surface area contributed by atoms with Crippen LogP contribution in [0.15, 0.2) is 34.9 Å². The summed E-state index contributed by atoms with van der Waals surface area (Å²) < 4.78 is 0.808. The zero-order valence-corrected chi connectivity index (χ0v) is 12.7. The van der Waals surface area contributed by atoms with Gasteiger partial charge in [-0.05, 0) is 52.5 Å². The summed E-state index contributed by atoms with van der Waals surface area (Å²) >= 11 is 3.31. The smallest absolute Gasteiger partial charge is 0.336 e. The Bertz CT molecular complexity index is 723. The molecule has 0 bridgehead atoms. The Morgan fingerprint density at radius 1 is 1.33 bits per heavy atom. The van der Waals surface area contributed by atoms with Crippen LogP contribution in [0, 0.1) is 0 Å². The molecular weight excluding hydrogens is 336 g/mol. The quantitative estimate of drug-likeness (QED) is 0.875. The Kier molecular flexibility index (Phi) is 3.55. The predicted molar refractivity (Wildman–Crippen MR) is 81.9 cm³/mol. The monoisotopic (exact) mass is 348 g/mol. The third-order valence-corrected chi connectivity index (χ3v) is 4.06. The number of carbonyl (C=O) groups is 2. The van der Waals surface area contributed by atoms with Gasteiger partial charge in [-0.2, -0.15) is 0 Å². The number of nitrogens with one attached hydrogen (secondary N) is 1. The van der Waals surface area contributed by atoms with Crippen LogP contribution in [0.25, 0.3) is 0 Å². The van der Waals surface area contributed by atoms with E-state index in [1.807, 2.05) is 0 Å². The molecule has 6 heteroatoms. The second-order valence-corrected chi connectivity index (χ2v) is 5.82. The number of aromatic amines is 1. The van der Waals surface area contributed by atoms with Gasteiger partial charge >= 0.3 is 5.97 Å². The van der Waals surface area contributed by atoms with E-state index in [4.69, 9.17) is 0 Å². The molecule has 2 N–H and O–H groups in total. The van der Waals surface area contributed by atoms with Gasteiger partial charge in [0.15, 0.2) is 0 Å². The van der Waals surface area contributed by atoms with E-state index in [0.717, 1.165) is 16.5 Å². The number of carboxylic acids is 1. The molecule has 2 aromatic rings. The molecule has 1 amide bonds. The highest BCUT2D eigenvalue weighted by Crippen LogP contribution is 2.31. The maximum atomic E-state index is 12.6. The van der Waals surface area contributed by atoms with Crippen molar-refractivity contribution in [1.82, 2.24) is 4.98 Å². The van der Waals surface area contributed by atoms with Crippen molar-refractivity contribution in [1.29, 1.82) is 0 Å². The van der Waals surface area contributed by atoms with Crippen molar-refractivity contribution in [3.8, 4) is 0 Å². The molecule has 2 heterocycles. The van der Waals surface area contributed by atoms with Gasteiger partial charge in [0.2, 0.25) is 0 Å². The van der Waals surface area contributed by atoms with Crippen LogP contribution in [0.1, 0.15) is 32.8 Å². The van der Waals surface area contributed by atoms with Crippen LogP contribution >= 0.6 is 15.9 Å². The largest absolute Gasteiger partial charge is 0.478 e. The number of amides is 1. The van der Waals surface area contributed by atoms with E-state index in [-0.39, 0.29) is 11.5 Å². The fraction of sp³-hybridized carbons (Fsp3) is 0.200. The number of halogens is 1. The fourth-order valence-electron chi connectivity index (χ4n) is 2.67. The minimum absolute atomic E-state index is 0.149. The Balaban J connectivity index is 2.03. The molecule has 0 fully saturated rings. The average Bonchev–Trinajstić information content (AvgIpc) is 2.91. The van der Waals surface area contributed by atoms with Gasteiger partial charge in [-0.3, -0.25) is 4.79 Å². The molecule has 108 valence electrons. The summed E-state index contributed by atoms with van der Waals surface area (Å²) in [4.78, 5) is 28.4. The lowest BCUT2D eigenvalue weighted by Crippen LogP contribution is -2.36. The van der Waals surface area contributed by atoms with E-state index < -0.39 is 5.97 Å². The van der Waals surface area contributed by atoms with Crippen LogP contribution in [-0.2, 0) is 6.42 Å². The number of carboxylic acid groups (broad SMARTS) is 1. The number of aromatic nitrogens is 1. The number of benzene rings is 1. The Labute approximate surface area is 129 Å². The highest BCUT2D eigenvalue weighted by molar-refractivity contribution is 9.10. The molecule has 0 aliphatic carbocycles. The lowest BCUT2D eigenvalue weighted by molar-refractivity contribution is 0.0695. The molecule has 0 radical (unpaired) electrons. The summed E-state index contributed by atoms with van der Waals surface area (Å²) in [5.74, 6) is -1.10. The van der Waals surface area contributed by atoms with Crippen molar-refractivity contribution in [2.24, 2.45) is 0 Å². The normalized spacial score (nSPS) is 13.9. The molecule has 3 rings (SSSR count). The van der Waals surface area contributed by atoms with E-state index in [1.54, 1.807) is 35.4 Å². The van der Waals surface area contributed by atoms with Crippen LogP contribution in [0.4, 0.5) is 5.69 Å². The summed E-state index contributed by atoms with van der Waals surface area (Å²) in [5.41, 5.74) is 2.18. The number of rotatable bonds is 2. The number of nitrogens with zero attached hydrogens (tertiary/aromatic N) is 1. The molecule has 0 saturated heterocycles. The molecule has 0 unspecified atom stereocenters. The number of hydrogen-bond acceptors (Lipinski definition) is 2. The van der Waals surface area contributed by atoms with Gasteiger partial charge in [-0.1, -0.05) is 6.07 Å². The first-order chi connectivity index (χ1) is 10.1. The summed E-state index contributed by atoms with van der Waals surface area (Å²) in [7, 11) is 0. The summed E-state index contributed by atoms with van der Waals surface area (Å²) in [6, 6.07) is 6.79. The molecule has 1 aromatic heterocycles. The van der Waals surface area contributed by atoms with E-state index in [9.17, 15) is 14.7 Å². The van der Waals surface area contributed by atoms with Crippen molar-refractivity contribution in [3.05, 3.63) is 51.8 Å². The highest BCUT2D eigenvalue weighted by atomic mass is 79.9. The van der Waals surface area contributed by atoms with Crippen molar-refractivity contribution < 1.29 is 14.7 Å². The molecule has 5 nitrogen and oxygen atoms in total. The number of H-pyrrole nitrogens is 1. The molecular formula is C15H13BrN2O3. The van der Waals surface area contributed by atoms with E-state index in [1.165, 1.54) is 0 Å². The third-order valence-electron chi connectivity index (χ3n) is 3.60. The second kappa shape index (κ2) is 5.37. The number of anilines is 1. The second-order valence-electron chi connectivity index (χ2n) is 4.90. The topological polar surface area (TPSA) is 73.4 Å². The van der Waals surface area contributed by atoms with Gasteiger partial charge in [0.25, 0.3) is 5.91 Å². The molecule has 0 atom stereocenters. The zero-order valence-electron chi connectivity index (χ0n) is 11.1. The highest BCUT2D eigenvalue weighted by Gasteiger charge is 2.27. The minimum atomic E-state index is -0.955. The Morgan fingerprint density at radius 2 is 2.14 bits per heavy atom. The standard InChI is InChI=1S/C15H13BrN2O3/c16-9-7-12(17-8-9)14(19)18-6-2-4-10-11(15(20)21)3-1-5-13(10)18/h1,3,5,7-8,17H,2,4,6H2,(H,20,21). The lowest BCUT2D eigenvalue weighted by atomic mass is 9.96. The van der Waals surface area contributed by atoms with E-state index in [0.29, 0.717) is 24.3 Å². The molecule has 0 saturated carbocycles. The maximum absolute atomic E-state index is 12.6. The van der Waals surface area contributed by atoms with Crippen molar-refractivity contribution in [3.63, 3.8) is 0 Å². The Hall–Kier alpha value is -2.08. The van der Waals surface area contributed by atoms with Crippen molar-refractivity contribution in [2.45, 2.75) is 12.8 Å². The summed E-state index contributed by atoms with van der Waals surface area (Å²) in [6.45, 7) is 0.589. The zero-order chi connectivity index (χ0) is 15.0. The maximum Gasteiger partial charge on any atom is 0.336 e. The summed E-state index contributed by atoms with van der Waals surface area (Å²) in [6.07, 6.45) is 3.13. The van der Waals surface area contributed by atoms with Gasteiger partial charge in [-0.25, -0.2) is 4.79 Å². The van der Waals surface area contributed by atoms with E-state index in [2.05, 4.69) is 20.9 Å². The van der Waals surface area contributed by atoms with Crippen molar-refractivity contribution >= 4 is 33.5 Å². The molecule has 0 spiro atoms. The van der Waals surface area contributed by atoms with Crippen LogP contribution in [-0.4, -0.2) is 28.5 Å². The number of aromatic carboxylic acids is 1. The number of hydrogen-bond donors (Lipinski definition) is 2. The van der Waals surface area contributed by atoms with Gasteiger partial charge in [0.1, 0.15) is 5.69 Å². The van der Waals surface area contributed by atoms with E-state index >= 15 is 0 Å².